The van der Waals surface area contributed by atoms with Crippen molar-refractivity contribution in [3.63, 3.8) is 0 Å². The summed E-state index contributed by atoms with van der Waals surface area (Å²) in [5, 5.41) is 26.6. The van der Waals surface area contributed by atoms with Crippen molar-refractivity contribution in [1.29, 1.82) is 0 Å². The minimum atomic E-state index is -5.56. The van der Waals surface area contributed by atoms with Crippen LogP contribution in [0.1, 0.15) is 88.4 Å². The number of alkyl halides is 3. The van der Waals surface area contributed by atoms with E-state index in [4.69, 9.17) is 42.6 Å². The molecule has 6 rings (SSSR count). The predicted octanol–water partition coefficient (Wildman–Crippen LogP) is 6.06. The van der Waals surface area contributed by atoms with Crippen LogP contribution in [0.15, 0.2) is 115 Å². The first-order valence-electron chi connectivity index (χ1n) is 24.3. The van der Waals surface area contributed by atoms with Crippen LogP contribution in [0, 0.1) is 5.41 Å². The van der Waals surface area contributed by atoms with Crippen LogP contribution in [0.5, 0.6) is 5.75 Å². The molecule has 2 aliphatic heterocycles. The molecule has 10 atom stereocenters. The number of aliphatic hydroxyl groups excluding tert-OH is 1. The lowest BCUT2D eigenvalue weighted by Crippen LogP contribution is -2.78. The number of esters is 2. The summed E-state index contributed by atoms with van der Waals surface area (Å²) in [6, 6.07) is 29.8. The lowest BCUT2D eigenvalue weighted by molar-refractivity contribution is -0.402. The van der Waals surface area contributed by atoms with Crippen molar-refractivity contribution >= 4 is 38.8 Å². The van der Waals surface area contributed by atoms with E-state index in [0.29, 0.717) is 16.9 Å². The maximum absolute atomic E-state index is 14.6. The smallest absolute Gasteiger partial charge is 0.471 e. The number of ketones is 1. The molecule has 0 aliphatic carbocycles. The van der Waals surface area contributed by atoms with Gasteiger partial charge in [-0.3, -0.25) is 9.59 Å². The number of Topliss-reactive ketones (excluding diaryl/α,β-unsaturated/α-hetero) is 1. The number of carbonyl (C=O) groups excluding carboxylic acids is 4. The van der Waals surface area contributed by atoms with Gasteiger partial charge in [0.25, 0.3) is 0 Å². The standard InChI is InChI=1S/C55H66F3NO15Si/c1-33(61)24-29-40(62)69-44-41(59-50(64)55(56,57)58)48(72-46(49(75)74-52(5,6)7)53(44,65)51(2,3)4)70-42-39(30-60)73-54(37-25-27-38(66-8)28-26-37,68-32-35-20-14-10-15-21-35)45(71-47(63)36-22-16-11-17-23-36)43(42)67-31-34-18-12-9-13-19-34/h9-23,25-28,39,41-46,48,60,65H,24,29-32,75H2,1-8H3,(H,59,64)/t39-,41-,42-,43+,44-,45-,46-,48-,53-,54-/m1/s1. The van der Waals surface area contributed by atoms with E-state index < -0.39 is 114 Å². The van der Waals surface area contributed by atoms with Crippen molar-refractivity contribution in [2.75, 3.05) is 13.7 Å². The zero-order valence-corrected chi connectivity index (χ0v) is 44.6. The molecule has 2 fully saturated rings. The number of aliphatic hydroxyl groups is 2. The molecule has 0 bridgehead atoms. The normalized spacial score (nSPS) is 26.1. The number of ether oxygens (including phenoxy) is 9. The summed E-state index contributed by atoms with van der Waals surface area (Å²) in [5.74, 6) is -6.75. The molecule has 0 unspecified atom stereocenters. The highest BCUT2D eigenvalue weighted by molar-refractivity contribution is 6.36. The second-order valence-corrected chi connectivity index (χ2v) is 21.0. The third kappa shape index (κ3) is 14.2. The molecule has 2 aliphatic rings. The van der Waals surface area contributed by atoms with Crippen molar-refractivity contribution in [3.05, 3.63) is 138 Å². The highest BCUT2D eigenvalue weighted by Crippen LogP contribution is 2.49. The van der Waals surface area contributed by atoms with E-state index in [0.717, 1.165) is 9.85 Å². The maximum atomic E-state index is 14.6. The third-order valence-corrected chi connectivity index (χ3v) is 13.1. The molecule has 1 amide bonds. The van der Waals surface area contributed by atoms with Crippen molar-refractivity contribution in [2.24, 2.45) is 5.41 Å². The molecule has 0 saturated carbocycles. The van der Waals surface area contributed by atoms with Crippen LogP contribution in [0.4, 0.5) is 13.2 Å². The van der Waals surface area contributed by atoms with Crippen LogP contribution in [0.25, 0.3) is 0 Å². The quantitative estimate of drug-likeness (QED) is 0.0680. The number of benzene rings is 4. The van der Waals surface area contributed by atoms with E-state index in [1.165, 1.54) is 46.9 Å². The van der Waals surface area contributed by atoms with Gasteiger partial charge in [-0.05, 0) is 80.6 Å². The third-order valence-electron chi connectivity index (χ3n) is 12.6. The molecule has 4 aromatic rings. The van der Waals surface area contributed by atoms with Crippen molar-refractivity contribution in [1.82, 2.24) is 5.32 Å². The number of halogens is 3. The number of hydrogen-bond donors (Lipinski definition) is 3. The number of nitrogens with one attached hydrogen (secondary N) is 1. The highest BCUT2D eigenvalue weighted by atomic mass is 28.1. The summed E-state index contributed by atoms with van der Waals surface area (Å²) in [6.07, 6.45) is -19.3. The molecular formula is C55H66F3NO15Si. The molecule has 75 heavy (non-hydrogen) atoms. The Morgan fingerprint density at radius 3 is 1.85 bits per heavy atom. The molecule has 2 heterocycles. The maximum Gasteiger partial charge on any atom is 0.471 e. The molecule has 4 aromatic carbocycles. The Morgan fingerprint density at radius 1 is 0.760 bits per heavy atom. The minimum absolute atomic E-state index is 0.0168. The van der Waals surface area contributed by atoms with Crippen molar-refractivity contribution < 1.29 is 85.2 Å². The van der Waals surface area contributed by atoms with E-state index in [2.05, 4.69) is 0 Å². The summed E-state index contributed by atoms with van der Waals surface area (Å²) in [7, 11) is 2.62. The number of carbonyl (C=O) groups is 4. The van der Waals surface area contributed by atoms with Gasteiger partial charge in [0.2, 0.25) is 5.79 Å². The van der Waals surface area contributed by atoms with E-state index in [1.807, 2.05) is 5.32 Å². The zero-order valence-electron chi connectivity index (χ0n) is 43.2. The molecule has 406 valence electrons. The van der Waals surface area contributed by atoms with E-state index in [1.54, 1.807) is 124 Å². The zero-order chi connectivity index (χ0) is 54.9. The number of methoxy groups -OCH3 is 1. The van der Waals surface area contributed by atoms with Gasteiger partial charge in [-0.1, -0.05) is 99.6 Å². The minimum Gasteiger partial charge on any atom is -0.497 e. The van der Waals surface area contributed by atoms with Gasteiger partial charge in [0.1, 0.15) is 47.6 Å². The van der Waals surface area contributed by atoms with E-state index in [-0.39, 0.29) is 36.1 Å². The first-order chi connectivity index (χ1) is 35.3. The summed E-state index contributed by atoms with van der Waals surface area (Å²) in [4.78, 5) is 53.8. The molecule has 3 N–H and O–H groups in total. The number of rotatable bonds is 20. The predicted molar refractivity (Wildman–Crippen MR) is 269 cm³/mol. The fourth-order valence-corrected chi connectivity index (χ4v) is 9.74. The summed E-state index contributed by atoms with van der Waals surface area (Å²) >= 11 is 0. The molecule has 16 nitrogen and oxygen atoms in total. The van der Waals surface area contributed by atoms with Crippen LogP contribution in [-0.2, 0) is 71.3 Å². The van der Waals surface area contributed by atoms with E-state index in [9.17, 15) is 42.6 Å². The fourth-order valence-electron chi connectivity index (χ4n) is 8.90. The van der Waals surface area contributed by atoms with Gasteiger partial charge in [0.05, 0.1) is 49.9 Å². The summed E-state index contributed by atoms with van der Waals surface area (Å²) in [6.45, 7) is 9.52. The van der Waals surface area contributed by atoms with Crippen LogP contribution in [-0.4, -0.2) is 129 Å². The Morgan fingerprint density at radius 2 is 1.33 bits per heavy atom. The average Bonchev–Trinajstić information content (AvgIpc) is 3.36. The molecule has 0 aromatic heterocycles. The second-order valence-electron chi connectivity index (χ2n) is 20.3. The average molecular weight is 1070 g/mol. The van der Waals surface area contributed by atoms with Gasteiger partial charge in [0, 0.05) is 21.8 Å². The van der Waals surface area contributed by atoms with Crippen LogP contribution in [0.2, 0.25) is 0 Å². The molecular weight excluding hydrogens is 1000 g/mol. The van der Waals surface area contributed by atoms with Gasteiger partial charge in [-0.2, -0.15) is 13.2 Å². The Kier molecular flexibility index (Phi) is 19.0. The first-order valence-corrected chi connectivity index (χ1v) is 25.0. The summed E-state index contributed by atoms with van der Waals surface area (Å²) < 4.78 is 102. The van der Waals surface area contributed by atoms with Crippen LogP contribution in [0.3, 0.4) is 0 Å². The van der Waals surface area contributed by atoms with Gasteiger partial charge < -0.3 is 63.0 Å². The summed E-state index contributed by atoms with van der Waals surface area (Å²) in [5.41, 5.74) is -3.43. The lowest BCUT2D eigenvalue weighted by Gasteiger charge is -2.58. The molecule has 0 radical (unpaired) electrons. The fraction of sp³-hybridized carbons (Fsp3) is 0.473. The SMILES string of the molecule is COc1ccc([C@@]2(OCc3ccccc3)O[C@H](CO)[C@@H](O[C@@H]3O[C@H](C(=[SiH2])OC(C)(C)C)[C@@](O)(C(C)(C)C)[C@H](OC(=O)CCC(C)=O)[C@H]3NC(=O)C(F)(F)F)[C@H](OCc3ccccc3)[C@H]2OC(=O)c2ccccc2)cc1. The largest absolute Gasteiger partial charge is 0.497 e. The number of amides is 1. The first kappa shape index (κ1) is 58.4. The van der Waals surface area contributed by atoms with Crippen molar-refractivity contribution in [2.45, 2.75) is 147 Å². The van der Waals surface area contributed by atoms with Crippen LogP contribution < -0.4 is 10.1 Å². The van der Waals surface area contributed by atoms with Gasteiger partial charge in [-0.15, -0.1) is 0 Å². The second kappa shape index (κ2) is 24.4. The Balaban J connectivity index is 1.62. The van der Waals surface area contributed by atoms with Gasteiger partial charge in [-0.25, -0.2) is 4.79 Å². The Labute approximate surface area is 437 Å². The Bertz CT molecular complexity index is 2560. The monoisotopic (exact) mass is 1070 g/mol. The molecule has 20 heteroatoms. The van der Waals surface area contributed by atoms with Crippen molar-refractivity contribution in [3.8, 4) is 5.75 Å². The number of hydrogen-bond acceptors (Lipinski definition) is 15. The molecule has 2 saturated heterocycles. The van der Waals surface area contributed by atoms with Gasteiger partial charge in [0.15, 0.2) is 18.5 Å². The topological polar surface area (TPSA) is 204 Å². The van der Waals surface area contributed by atoms with Crippen LogP contribution >= 0.6 is 0 Å². The molecule has 0 spiro atoms. The van der Waals surface area contributed by atoms with E-state index >= 15 is 0 Å². The lowest BCUT2D eigenvalue weighted by atomic mass is 9.66. The van der Waals surface area contributed by atoms with Gasteiger partial charge >= 0.3 is 24.0 Å². The Hall–Kier alpha value is -5.84. The highest BCUT2D eigenvalue weighted by Gasteiger charge is 2.67.